The molecule has 4 unspecified atom stereocenters. The number of H-pyrrole nitrogens is 1. The van der Waals surface area contributed by atoms with Crippen LogP contribution in [0.15, 0.2) is 42.9 Å². The van der Waals surface area contributed by atoms with Crippen LogP contribution < -0.4 is 34.4 Å². The average molecular weight is 617 g/mol. The minimum atomic E-state index is -1.21. The molecule has 1 amide bonds. The molecule has 18 N–H and O–H groups in total. The van der Waals surface area contributed by atoms with Crippen LogP contribution in [0.5, 0.6) is 0 Å². The topological polar surface area (TPSA) is 388 Å². The second kappa shape index (κ2) is 24.8. The Kier molecular flexibility index (Phi) is 24.5. The number of carboxylic acid groups (broad SMARTS) is 5. The number of rotatable bonds is 11. The van der Waals surface area contributed by atoms with E-state index in [2.05, 4.69) is 21.4 Å². The second-order valence-corrected chi connectivity index (χ2v) is 8.20. The zero-order valence-corrected chi connectivity index (χ0v) is 23.3. The van der Waals surface area contributed by atoms with Crippen molar-refractivity contribution in [3.8, 4) is 0 Å². The molecule has 0 fully saturated rings. The molecule has 0 aliphatic rings. The molecule has 0 saturated carbocycles. The maximum absolute atomic E-state index is 10.4. The molecule has 4 atom stereocenters. The maximum atomic E-state index is 10.4. The first kappa shape index (κ1) is 42.5. The van der Waals surface area contributed by atoms with Crippen molar-refractivity contribution in [3.05, 3.63) is 54.1 Å². The Morgan fingerprint density at radius 2 is 1.19 bits per heavy atom. The van der Waals surface area contributed by atoms with Crippen LogP contribution in [-0.2, 0) is 41.6 Å². The Balaban J connectivity index is -0.000000483. The van der Waals surface area contributed by atoms with E-state index >= 15 is 0 Å². The van der Waals surface area contributed by atoms with Crippen molar-refractivity contribution in [2.75, 3.05) is 6.54 Å². The van der Waals surface area contributed by atoms with Gasteiger partial charge in [-0.2, -0.15) is 0 Å². The van der Waals surface area contributed by atoms with Gasteiger partial charge in [-0.25, -0.2) is 4.98 Å². The van der Waals surface area contributed by atoms with E-state index in [0.717, 1.165) is 11.3 Å². The molecule has 0 saturated heterocycles. The number of aromatic nitrogens is 2. The number of imidazole rings is 1. The summed E-state index contributed by atoms with van der Waals surface area (Å²) in [7, 11) is 0. The summed E-state index contributed by atoms with van der Waals surface area (Å²) in [6.07, 6.45) is 3.41. The second-order valence-electron chi connectivity index (χ2n) is 8.20. The SMILES string of the molecule is CC(N)C(=O)O.NC(=O)CC(N)C(=O)O.NC(Cc1ccccc1)C(=O)O.NC(Cc1cnc[nH]1)C(=O)O.NCC(=O)O. The van der Waals surface area contributed by atoms with Crippen molar-refractivity contribution in [2.24, 2.45) is 34.4 Å². The van der Waals surface area contributed by atoms with Crippen molar-refractivity contribution in [3.63, 3.8) is 0 Å². The van der Waals surface area contributed by atoms with Crippen LogP contribution >= 0.6 is 0 Å². The van der Waals surface area contributed by atoms with Gasteiger partial charge in [-0.05, 0) is 18.9 Å². The van der Waals surface area contributed by atoms with Gasteiger partial charge in [-0.1, -0.05) is 30.3 Å². The highest BCUT2D eigenvalue weighted by atomic mass is 16.4. The Morgan fingerprint density at radius 3 is 1.47 bits per heavy atom. The molecule has 1 aromatic heterocycles. The molecule has 43 heavy (non-hydrogen) atoms. The van der Waals surface area contributed by atoms with Crippen LogP contribution in [0.25, 0.3) is 0 Å². The van der Waals surface area contributed by atoms with Gasteiger partial charge in [0.25, 0.3) is 0 Å². The van der Waals surface area contributed by atoms with Crippen molar-refractivity contribution >= 4 is 35.8 Å². The lowest BCUT2D eigenvalue weighted by atomic mass is 10.1. The molecule has 0 spiro atoms. The van der Waals surface area contributed by atoms with E-state index in [1.54, 1.807) is 6.20 Å². The maximum Gasteiger partial charge on any atom is 0.321 e. The zero-order valence-electron chi connectivity index (χ0n) is 23.3. The van der Waals surface area contributed by atoms with Crippen LogP contribution in [0, 0.1) is 0 Å². The van der Waals surface area contributed by atoms with E-state index in [0.29, 0.717) is 6.42 Å². The van der Waals surface area contributed by atoms with Gasteiger partial charge in [0.15, 0.2) is 0 Å². The van der Waals surface area contributed by atoms with E-state index in [-0.39, 0.29) is 19.4 Å². The van der Waals surface area contributed by atoms with Gasteiger partial charge in [0, 0.05) is 18.3 Å². The molecule has 2 aromatic rings. The summed E-state index contributed by atoms with van der Waals surface area (Å²) in [4.78, 5) is 65.9. The summed E-state index contributed by atoms with van der Waals surface area (Å²) in [5.41, 5.74) is 31.3. The Morgan fingerprint density at radius 1 is 0.767 bits per heavy atom. The van der Waals surface area contributed by atoms with Gasteiger partial charge in [-0.3, -0.25) is 28.8 Å². The molecule has 1 aromatic carbocycles. The van der Waals surface area contributed by atoms with Crippen LogP contribution in [0.3, 0.4) is 0 Å². The molecule has 0 bridgehead atoms. The fourth-order valence-electron chi connectivity index (χ4n) is 1.98. The third-order valence-electron chi connectivity index (χ3n) is 4.23. The van der Waals surface area contributed by atoms with Crippen LogP contribution in [0.1, 0.15) is 24.6 Å². The van der Waals surface area contributed by atoms with Crippen LogP contribution in [0.2, 0.25) is 0 Å². The monoisotopic (exact) mass is 616 g/mol. The predicted octanol–water partition coefficient (Wildman–Crippen LogP) is -3.27. The fourth-order valence-corrected chi connectivity index (χ4v) is 1.98. The number of amides is 1. The average Bonchev–Trinajstić information content (AvgIpc) is 3.43. The lowest BCUT2D eigenvalue weighted by molar-refractivity contribution is -0.140. The smallest absolute Gasteiger partial charge is 0.321 e. The first-order chi connectivity index (χ1) is 19.8. The number of carboxylic acids is 5. The van der Waals surface area contributed by atoms with E-state index in [4.69, 9.17) is 48.5 Å². The van der Waals surface area contributed by atoms with Gasteiger partial charge in [0.2, 0.25) is 5.91 Å². The number of hydrogen-bond acceptors (Lipinski definition) is 12. The van der Waals surface area contributed by atoms with E-state index in [1.807, 2.05) is 30.3 Å². The Labute approximate surface area is 245 Å². The van der Waals surface area contributed by atoms with Crippen LogP contribution in [0.4, 0.5) is 0 Å². The van der Waals surface area contributed by atoms with Crippen molar-refractivity contribution in [2.45, 2.75) is 50.4 Å². The number of carbonyl (C=O) groups is 6. The van der Waals surface area contributed by atoms with Crippen LogP contribution in [-0.4, -0.2) is 102 Å². The highest BCUT2D eigenvalue weighted by molar-refractivity contribution is 5.83. The summed E-state index contributed by atoms with van der Waals surface area (Å²) < 4.78 is 0. The van der Waals surface area contributed by atoms with Crippen molar-refractivity contribution in [1.29, 1.82) is 0 Å². The summed E-state index contributed by atoms with van der Waals surface area (Å²) >= 11 is 0. The molecule has 19 heteroatoms. The summed E-state index contributed by atoms with van der Waals surface area (Å²) in [6, 6.07) is 5.80. The van der Waals surface area contributed by atoms with Gasteiger partial charge in [-0.15, -0.1) is 0 Å². The number of nitrogens with two attached hydrogens (primary N) is 6. The van der Waals surface area contributed by atoms with Gasteiger partial charge in [0.1, 0.15) is 24.2 Å². The number of nitrogens with one attached hydrogen (secondary N) is 1. The molecule has 242 valence electrons. The van der Waals surface area contributed by atoms with E-state index < -0.39 is 59.9 Å². The van der Waals surface area contributed by atoms with Gasteiger partial charge >= 0.3 is 29.8 Å². The molecular weight excluding hydrogens is 576 g/mol. The molecule has 0 aliphatic heterocycles. The number of nitrogens with zero attached hydrogens (tertiary/aromatic N) is 1. The number of benzene rings is 1. The highest BCUT2D eigenvalue weighted by Crippen LogP contribution is 2.01. The summed E-state index contributed by atoms with van der Waals surface area (Å²) in [6.45, 7) is 1.14. The van der Waals surface area contributed by atoms with Gasteiger partial charge in [0.05, 0.1) is 19.3 Å². The molecule has 19 nitrogen and oxygen atoms in total. The number of aromatic amines is 1. The lowest BCUT2D eigenvalue weighted by Crippen LogP contribution is -2.34. The Hall–Kier alpha value is -4.95. The fraction of sp³-hybridized carbons (Fsp3) is 0.375. The minimum Gasteiger partial charge on any atom is -0.480 e. The number of primary amides is 1. The quantitative estimate of drug-likeness (QED) is 0.118. The van der Waals surface area contributed by atoms with Crippen molar-refractivity contribution < 1.29 is 54.3 Å². The number of hydrogen-bond donors (Lipinski definition) is 12. The standard InChI is InChI=1S/C9H11NO2.C6H9N3O2.C4H8N2O3.C3H7NO2.C2H5NO2/c10-8(9(11)12)6-7-4-2-1-3-5-7;7-5(6(10)11)1-4-2-8-3-9-4;5-2(4(8)9)1-3(6)7;1-2(4)3(5)6;3-1-2(4)5/h1-5,8H,6,10H2,(H,11,12);2-3,5H,1,7H2,(H,8,9)(H,10,11);2H,1,5H2,(H2,6,7)(H,8,9);2H,4H2,1H3,(H,5,6);1,3H2,(H,4,5). The lowest BCUT2D eigenvalue weighted by Gasteiger charge is -2.04. The molecule has 0 aliphatic carbocycles. The van der Waals surface area contributed by atoms with E-state index in [1.165, 1.54) is 13.3 Å². The molecular formula is C24H40N8O11. The number of carbonyl (C=O) groups excluding carboxylic acids is 1. The summed E-state index contributed by atoms with van der Waals surface area (Å²) in [5.74, 6) is -5.81. The molecule has 1 heterocycles. The summed E-state index contributed by atoms with van der Waals surface area (Å²) in [5, 5.41) is 40.5. The number of aliphatic carboxylic acids is 5. The minimum absolute atomic E-state index is 0.278. The largest absolute Gasteiger partial charge is 0.480 e. The molecule has 2 rings (SSSR count). The normalized spacial score (nSPS) is 12.1. The van der Waals surface area contributed by atoms with E-state index in [9.17, 15) is 28.8 Å². The van der Waals surface area contributed by atoms with Crippen molar-refractivity contribution in [1.82, 2.24) is 9.97 Å². The van der Waals surface area contributed by atoms with Gasteiger partial charge < -0.3 is 64.9 Å². The third-order valence-corrected chi connectivity index (χ3v) is 4.23. The molecule has 0 radical (unpaired) electrons. The highest BCUT2D eigenvalue weighted by Gasteiger charge is 2.13. The Bertz CT molecular complexity index is 1100. The zero-order chi connectivity index (χ0) is 34.1. The first-order valence-electron chi connectivity index (χ1n) is 12.0. The first-order valence-corrected chi connectivity index (χ1v) is 12.0. The predicted molar refractivity (Wildman–Crippen MR) is 151 cm³/mol. The third kappa shape index (κ3) is 28.4.